The molecule has 0 unspecified atom stereocenters. The van der Waals surface area contributed by atoms with E-state index in [0.29, 0.717) is 38.2 Å². The standard InChI is InChI=1S/C23H28FN3O4S.ClH/c1-3-31-21(28)10-13-27-12-8-17(25-27)14-16-15-26(11-9-20(16)32)22(23(29)30-2)18-6-4-5-7-19(18)24;/h4-8,12,14,20,22,32H,3,9-11,13,15H2,1-2H3;1H/b16-14-;/t20-,22+;/m1./s1. The summed E-state index contributed by atoms with van der Waals surface area (Å²) in [5.74, 6) is -1.21. The fourth-order valence-electron chi connectivity index (χ4n) is 3.74. The van der Waals surface area contributed by atoms with E-state index in [1.54, 1.807) is 36.0 Å². The SMILES string of the molecule is CCOC(=O)CCn1ccc(/C=C2/CN([C@H](C(=O)OC)c3ccccc3F)CC[C@H]2S)n1.Cl. The molecule has 33 heavy (non-hydrogen) atoms. The van der Waals surface area contributed by atoms with Crippen LogP contribution < -0.4 is 0 Å². The third-order valence-electron chi connectivity index (χ3n) is 5.34. The van der Waals surface area contributed by atoms with Gasteiger partial charge in [-0.2, -0.15) is 17.7 Å². The summed E-state index contributed by atoms with van der Waals surface area (Å²) in [5.41, 5.74) is 1.99. The number of rotatable bonds is 8. The molecule has 180 valence electrons. The van der Waals surface area contributed by atoms with Crippen LogP contribution in [0.4, 0.5) is 4.39 Å². The summed E-state index contributed by atoms with van der Waals surface area (Å²) in [4.78, 5) is 26.0. The number of esters is 2. The molecule has 0 radical (unpaired) electrons. The third kappa shape index (κ3) is 7.06. The van der Waals surface area contributed by atoms with E-state index in [1.807, 2.05) is 17.0 Å². The molecule has 1 fully saturated rings. The highest BCUT2D eigenvalue weighted by atomic mass is 35.5. The monoisotopic (exact) mass is 497 g/mol. The van der Waals surface area contributed by atoms with Crippen molar-refractivity contribution in [3.63, 3.8) is 0 Å². The Labute approximate surface area is 204 Å². The second kappa shape index (κ2) is 12.8. The number of benzene rings is 1. The van der Waals surface area contributed by atoms with Crippen LogP contribution in [0.15, 0.2) is 42.1 Å². The van der Waals surface area contributed by atoms with Gasteiger partial charge >= 0.3 is 11.9 Å². The largest absolute Gasteiger partial charge is 0.468 e. The van der Waals surface area contributed by atoms with Crippen molar-refractivity contribution in [2.24, 2.45) is 0 Å². The molecule has 2 heterocycles. The molecule has 2 aromatic rings. The Bertz CT molecular complexity index is 984. The normalized spacial score (nSPS) is 18.4. The van der Waals surface area contributed by atoms with Gasteiger partial charge in [0.1, 0.15) is 11.9 Å². The maximum Gasteiger partial charge on any atom is 0.327 e. The van der Waals surface area contributed by atoms with Crippen LogP contribution in [0, 0.1) is 5.82 Å². The lowest BCUT2D eigenvalue weighted by molar-refractivity contribution is -0.147. The Hall–Kier alpha value is -2.36. The van der Waals surface area contributed by atoms with Gasteiger partial charge in [-0.3, -0.25) is 14.4 Å². The van der Waals surface area contributed by atoms with Crippen molar-refractivity contribution in [3.05, 3.63) is 59.2 Å². The number of carbonyl (C=O) groups excluding carboxylic acids is 2. The van der Waals surface area contributed by atoms with Crippen molar-refractivity contribution in [2.75, 3.05) is 26.8 Å². The zero-order chi connectivity index (χ0) is 23.1. The first-order valence-electron chi connectivity index (χ1n) is 10.6. The molecular formula is C23H29ClFN3O4S. The topological polar surface area (TPSA) is 73.7 Å². The zero-order valence-electron chi connectivity index (χ0n) is 18.6. The molecule has 0 spiro atoms. The Kier molecular flexibility index (Phi) is 10.4. The van der Waals surface area contributed by atoms with Crippen LogP contribution in [0.25, 0.3) is 6.08 Å². The molecule has 0 N–H and O–H groups in total. The molecule has 1 aliphatic heterocycles. The molecule has 0 amide bonds. The van der Waals surface area contributed by atoms with Crippen molar-refractivity contribution in [3.8, 4) is 0 Å². The number of hydrogen-bond acceptors (Lipinski definition) is 7. The Morgan fingerprint density at radius 3 is 2.79 bits per heavy atom. The highest BCUT2D eigenvalue weighted by Crippen LogP contribution is 2.31. The molecule has 0 bridgehead atoms. The molecule has 3 rings (SSSR count). The lowest BCUT2D eigenvalue weighted by atomic mass is 9.97. The fraction of sp³-hybridized carbons (Fsp3) is 0.435. The number of nitrogens with zero attached hydrogens (tertiary/aromatic N) is 3. The molecule has 1 aromatic carbocycles. The minimum absolute atomic E-state index is 0. The van der Waals surface area contributed by atoms with Crippen LogP contribution in [-0.2, 0) is 25.6 Å². The van der Waals surface area contributed by atoms with Crippen LogP contribution in [0.1, 0.15) is 37.1 Å². The number of ether oxygens (including phenoxy) is 2. The molecule has 0 saturated carbocycles. The molecule has 1 saturated heterocycles. The van der Waals surface area contributed by atoms with Crippen molar-refractivity contribution >= 4 is 43.1 Å². The van der Waals surface area contributed by atoms with Gasteiger partial charge in [0, 0.05) is 30.1 Å². The predicted octanol–water partition coefficient (Wildman–Crippen LogP) is 3.70. The maximum absolute atomic E-state index is 14.5. The Morgan fingerprint density at radius 2 is 2.09 bits per heavy atom. The molecular weight excluding hydrogens is 469 g/mol. The molecule has 1 aromatic heterocycles. The van der Waals surface area contributed by atoms with Gasteiger partial charge in [0.25, 0.3) is 0 Å². The van der Waals surface area contributed by atoms with Crippen LogP contribution in [0.2, 0.25) is 0 Å². The first-order valence-corrected chi connectivity index (χ1v) is 11.1. The van der Waals surface area contributed by atoms with Gasteiger partial charge in [0.2, 0.25) is 0 Å². The zero-order valence-corrected chi connectivity index (χ0v) is 20.4. The van der Waals surface area contributed by atoms with E-state index >= 15 is 0 Å². The minimum Gasteiger partial charge on any atom is -0.468 e. The lowest BCUT2D eigenvalue weighted by Crippen LogP contribution is -2.42. The van der Waals surface area contributed by atoms with Crippen LogP contribution >= 0.6 is 25.0 Å². The van der Waals surface area contributed by atoms with Crippen LogP contribution in [0.5, 0.6) is 0 Å². The molecule has 7 nitrogen and oxygen atoms in total. The number of aromatic nitrogens is 2. The average Bonchev–Trinajstić information content (AvgIpc) is 3.23. The van der Waals surface area contributed by atoms with Gasteiger partial charge in [-0.25, -0.2) is 9.18 Å². The quantitative estimate of drug-likeness (QED) is 0.443. The van der Waals surface area contributed by atoms with Gasteiger partial charge in [-0.15, -0.1) is 12.4 Å². The summed E-state index contributed by atoms with van der Waals surface area (Å²) in [6.45, 7) is 3.56. The summed E-state index contributed by atoms with van der Waals surface area (Å²) in [6, 6.07) is 7.27. The van der Waals surface area contributed by atoms with Crippen molar-refractivity contribution in [1.29, 1.82) is 0 Å². The second-order valence-electron chi connectivity index (χ2n) is 7.50. The molecule has 10 heteroatoms. The van der Waals surface area contributed by atoms with Gasteiger partial charge < -0.3 is 9.47 Å². The first kappa shape index (κ1) is 26.9. The number of thiol groups is 1. The highest BCUT2D eigenvalue weighted by Gasteiger charge is 2.34. The Balaban J connectivity index is 0.00000385. The number of aryl methyl sites for hydroxylation is 1. The fourth-order valence-corrected chi connectivity index (χ4v) is 4.02. The lowest BCUT2D eigenvalue weighted by Gasteiger charge is -2.36. The number of methoxy groups -OCH3 is 1. The van der Waals surface area contributed by atoms with Gasteiger partial charge in [0.05, 0.1) is 32.4 Å². The number of likely N-dealkylation sites (tertiary alicyclic amines) is 1. The van der Waals surface area contributed by atoms with Crippen molar-refractivity contribution in [1.82, 2.24) is 14.7 Å². The summed E-state index contributed by atoms with van der Waals surface area (Å²) >= 11 is 4.70. The van der Waals surface area contributed by atoms with E-state index in [-0.39, 0.29) is 30.0 Å². The van der Waals surface area contributed by atoms with E-state index < -0.39 is 17.8 Å². The van der Waals surface area contributed by atoms with Crippen LogP contribution in [0.3, 0.4) is 0 Å². The summed E-state index contributed by atoms with van der Waals surface area (Å²) in [5, 5.41) is 4.49. The number of piperidine rings is 1. The summed E-state index contributed by atoms with van der Waals surface area (Å²) in [6.07, 6.45) is 4.68. The van der Waals surface area contributed by atoms with Crippen molar-refractivity contribution in [2.45, 2.75) is 37.6 Å². The van der Waals surface area contributed by atoms with Gasteiger partial charge in [-0.1, -0.05) is 18.2 Å². The van der Waals surface area contributed by atoms with Gasteiger partial charge in [0.15, 0.2) is 0 Å². The highest BCUT2D eigenvalue weighted by molar-refractivity contribution is 7.81. The second-order valence-corrected chi connectivity index (χ2v) is 8.12. The number of hydrogen-bond donors (Lipinski definition) is 1. The maximum atomic E-state index is 14.5. The van der Waals surface area contributed by atoms with E-state index in [4.69, 9.17) is 22.1 Å². The van der Waals surface area contributed by atoms with E-state index in [9.17, 15) is 14.0 Å². The third-order valence-corrected chi connectivity index (χ3v) is 5.93. The average molecular weight is 498 g/mol. The molecule has 2 atom stereocenters. The van der Waals surface area contributed by atoms with E-state index in [2.05, 4.69) is 5.10 Å². The Morgan fingerprint density at radius 1 is 1.33 bits per heavy atom. The van der Waals surface area contributed by atoms with E-state index in [1.165, 1.54) is 13.2 Å². The molecule has 1 aliphatic rings. The molecule has 0 aliphatic carbocycles. The smallest absolute Gasteiger partial charge is 0.327 e. The summed E-state index contributed by atoms with van der Waals surface area (Å²) < 4.78 is 26.1. The van der Waals surface area contributed by atoms with Gasteiger partial charge in [-0.05, 0) is 37.1 Å². The van der Waals surface area contributed by atoms with Crippen LogP contribution in [-0.4, -0.2) is 58.7 Å². The number of carbonyl (C=O) groups is 2. The minimum atomic E-state index is -0.840. The number of halogens is 2. The first-order chi connectivity index (χ1) is 15.4. The van der Waals surface area contributed by atoms with Crippen molar-refractivity contribution < 1.29 is 23.5 Å². The summed E-state index contributed by atoms with van der Waals surface area (Å²) in [7, 11) is 1.31. The predicted molar refractivity (Wildman–Crippen MR) is 129 cm³/mol. The van der Waals surface area contributed by atoms with E-state index in [0.717, 1.165) is 11.3 Å².